The molecule has 198 valence electrons. The van der Waals surface area contributed by atoms with Gasteiger partial charge in [-0.1, -0.05) is 12.1 Å². The molecule has 0 unspecified atom stereocenters. The second kappa shape index (κ2) is 12.5. The number of ether oxygens (including phenoxy) is 3. The molecule has 0 saturated carbocycles. The lowest BCUT2D eigenvalue weighted by molar-refractivity contribution is -0.139. The molecule has 2 amide bonds. The Bertz CT molecular complexity index is 1150. The molecule has 1 N–H and O–H groups in total. The second-order valence-corrected chi connectivity index (χ2v) is 10.4. The van der Waals surface area contributed by atoms with Crippen molar-refractivity contribution in [1.29, 1.82) is 0 Å². The van der Waals surface area contributed by atoms with E-state index in [0.717, 1.165) is 16.1 Å². The van der Waals surface area contributed by atoms with Gasteiger partial charge in [0.1, 0.15) is 29.8 Å². The van der Waals surface area contributed by atoms with Gasteiger partial charge in [0.05, 0.1) is 33.3 Å². The lowest BCUT2D eigenvalue weighted by Crippen LogP contribution is -2.52. The van der Waals surface area contributed by atoms with Crippen molar-refractivity contribution >= 4 is 27.5 Å². The average Bonchev–Trinajstić information content (AvgIpc) is 2.84. The van der Waals surface area contributed by atoms with Crippen molar-refractivity contribution in [2.75, 3.05) is 38.4 Å². The molecule has 2 aromatic rings. The Morgan fingerprint density at radius 2 is 1.50 bits per heavy atom. The first-order valence-corrected chi connectivity index (χ1v) is 13.2. The van der Waals surface area contributed by atoms with E-state index in [4.69, 9.17) is 14.2 Å². The summed E-state index contributed by atoms with van der Waals surface area (Å²) in [6.45, 7) is 4.79. The number of carbonyl (C=O) groups excluding carboxylic acids is 2. The molecule has 0 aromatic heterocycles. The van der Waals surface area contributed by atoms with Gasteiger partial charge in [-0.3, -0.25) is 13.9 Å². The van der Waals surface area contributed by atoms with E-state index in [2.05, 4.69) is 5.32 Å². The van der Waals surface area contributed by atoms with Crippen LogP contribution >= 0.6 is 0 Å². The van der Waals surface area contributed by atoms with Crippen LogP contribution in [0.5, 0.6) is 17.2 Å². The van der Waals surface area contributed by atoms with Crippen LogP contribution in [0, 0.1) is 0 Å². The fourth-order valence-corrected chi connectivity index (χ4v) is 4.35. The number of nitrogens with zero attached hydrogens (tertiary/aromatic N) is 2. The molecule has 0 spiro atoms. The van der Waals surface area contributed by atoms with Crippen molar-refractivity contribution in [2.24, 2.45) is 0 Å². The van der Waals surface area contributed by atoms with E-state index in [1.807, 2.05) is 13.8 Å². The van der Waals surface area contributed by atoms with E-state index >= 15 is 0 Å². The van der Waals surface area contributed by atoms with Gasteiger partial charge in [-0.05, 0) is 50.6 Å². The second-order valence-electron chi connectivity index (χ2n) is 8.52. The maximum atomic E-state index is 13.6. The highest BCUT2D eigenvalue weighted by molar-refractivity contribution is 7.92. The van der Waals surface area contributed by atoms with Crippen LogP contribution < -0.4 is 23.8 Å². The molecular weight excluding hydrogens is 486 g/mol. The third-order valence-corrected chi connectivity index (χ3v) is 6.57. The number of carbonyl (C=O) groups is 2. The van der Waals surface area contributed by atoms with Crippen molar-refractivity contribution in [1.82, 2.24) is 10.2 Å². The highest BCUT2D eigenvalue weighted by atomic mass is 32.2. The van der Waals surface area contributed by atoms with Crippen LogP contribution in [0.25, 0.3) is 0 Å². The monoisotopic (exact) mass is 521 g/mol. The average molecular weight is 522 g/mol. The van der Waals surface area contributed by atoms with Gasteiger partial charge in [0.15, 0.2) is 0 Å². The van der Waals surface area contributed by atoms with Crippen LogP contribution in [-0.4, -0.2) is 71.3 Å². The molecule has 0 heterocycles. The maximum absolute atomic E-state index is 13.6. The lowest BCUT2D eigenvalue weighted by atomic mass is 10.1. The number of benzene rings is 2. The van der Waals surface area contributed by atoms with Crippen LogP contribution in [0.15, 0.2) is 42.5 Å². The van der Waals surface area contributed by atoms with Gasteiger partial charge in [-0.25, -0.2) is 8.42 Å². The quantitative estimate of drug-likeness (QED) is 0.456. The van der Waals surface area contributed by atoms with E-state index in [9.17, 15) is 18.0 Å². The molecule has 10 nitrogen and oxygen atoms in total. The number of amides is 2. The van der Waals surface area contributed by atoms with Crippen LogP contribution in [0.4, 0.5) is 5.69 Å². The predicted molar refractivity (Wildman–Crippen MR) is 138 cm³/mol. The summed E-state index contributed by atoms with van der Waals surface area (Å²) in [5, 5.41) is 2.81. The van der Waals surface area contributed by atoms with Gasteiger partial charge in [0.2, 0.25) is 21.8 Å². The molecule has 0 radical (unpaired) electrons. The van der Waals surface area contributed by atoms with Gasteiger partial charge in [0.25, 0.3) is 0 Å². The molecular formula is C25H35N3O7S. The number of nitrogens with one attached hydrogen (secondary N) is 1. The topological polar surface area (TPSA) is 114 Å². The zero-order chi connectivity index (χ0) is 27.0. The first kappa shape index (κ1) is 28.8. The summed E-state index contributed by atoms with van der Waals surface area (Å²) in [5.74, 6) is 0.382. The number of hydrogen-bond acceptors (Lipinski definition) is 7. The summed E-state index contributed by atoms with van der Waals surface area (Å²) in [5.41, 5.74) is 0.898. The van der Waals surface area contributed by atoms with Crippen molar-refractivity contribution in [3.05, 3.63) is 48.0 Å². The Morgan fingerprint density at radius 1 is 0.917 bits per heavy atom. The standard InChI is InChI=1S/C25H35N3O7S/c1-17(2)26-25(30)18(3)27(15-19-8-10-20(33-4)11-9-19)24(29)16-28(36(7,31)32)22-14-21(34-5)12-13-23(22)35-6/h8-14,17-18H,15-16H2,1-7H3,(H,26,30)/t18-/m0/s1. The van der Waals surface area contributed by atoms with Crippen molar-refractivity contribution in [3.63, 3.8) is 0 Å². The van der Waals surface area contributed by atoms with Gasteiger partial charge < -0.3 is 24.4 Å². The minimum absolute atomic E-state index is 0.0857. The third-order valence-electron chi connectivity index (χ3n) is 5.44. The largest absolute Gasteiger partial charge is 0.497 e. The first-order valence-electron chi connectivity index (χ1n) is 11.3. The molecule has 36 heavy (non-hydrogen) atoms. The fraction of sp³-hybridized carbons (Fsp3) is 0.440. The minimum atomic E-state index is -3.92. The highest BCUT2D eigenvalue weighted by Gasteiger charge is 2.31. The number of hydrogen-bond donors (Lipinski definition) is 1. The van der Waals surface area contributed by atoms with E-state index in [-0.39, 0.29) is 29.9 Å². The predicted octanol–water partition coefficient (Wildman–Crippen LogP) is 2.42. The summed E-state index contributed by atoms with van der Waals surface area (Å²) in [7, 11) is 0.490. The zero-order valence-corrected chi connectivity index (χ0v) is 22.6. The van der Waals surface area contributed by atoms with E-state index in [1.165, 1.54) is 25.2 Å². The first-order chi connectivity index (χ1) is 16.9. The summed E-state index contributed by atoms with van der Waals surface area (Å²) in [6, 6.07) is 10.7. The lowest BCUT2D eigenvalue weighted by Gasteiger charge is -2.32. The zero-order valence-electron chi connectivity index (χ0n) is 21.8. The molecule has 11 heteroatoms. The Balaban J connectivity index is 2.47. The Labute approximate surface area is 213 Å². The molecule has 0 fully saturated rings. The molecule has 1 atom stereocenters. The maximum Gasteiger partial charge on any atom is 0.244 e. The highest BCUT2D eigenvalue weighted by Crippen LogP contribution is 2.34. The van der Waals surface area contributed by atoms with Crippen molar-refractivity contribution < 1.29 is 32.2 Å². The molecule has 2 rings (SSSR count). The molecule has 0 saturated heterocycles. The molecule has 0 aliphatic carbocycles. The smallest absolute Gasteiger partial charge is 0.244 e. The fourth-order valence-electron chi connectivity index (χ4n) is 3.50. The van der Waals surface area contributed by atoms with Gasteiger partial charge in [-0.2, -0.15) is 0 Å². The van der Waals surface area contributed by atoms with Gasteiger partial charge in [0, 0.05) is 18.7 Å². The molecule has 0 aliphatic heterocycles. The van der Waals surface area contributed by atoms with Crippen molar-refractivity contribution in [3.8, 4) is 17.2 Å². The Morgan fingerprint density at radius 3 is 2.00 bits per heavy atom. The van der Waals surface area contributed by atoms with E-state index < -0.39 is 28.5 Å². The minimum Gasteiger partial charge on any atom is -0.497 e. The number of methoxy groups -OCH3 is 3. The SMILES string of the molecule is COc1ccc(CN(C(=O)CN(c2cc(OC)ccc2OC)S(C)(=O)=O)[C@@H](C)C(=O)NC(C)C)cc1. The summed E-state index contributed by atoms with van der Waals surface area (Å²) in [4.78, 5) is 27.8. The van der Waals surface area contributed by atoms with E-state index in [1.54, 1.807) is 50.4 Å². The number of sulfonamides is 1. The van der Waals surface area contributed by atoms with Crippen molar-refractivity contribution in [2.45, 2.75) is 39.4 Å². The summed E-state index contributed by atoms with van der Waals surface area (Å²) in [6.07, 6.45) is 1.00. The number of anilines is 1. The Kier molecular flexibility index (Phi) is 9.97. The normalized spacial score (nSPS) is 12.0. The number of rotatable bonds is 12. The van der Waals surface area contributed by atoms with Gasteiger partial charge in [-0.15, -0.1) is 0 Å². The van der Waals surface area contributed by atoms with Crippen LogP contribution in [0.2, 0.25) is 0 Å². The van der Waals surface area contributed by atoms with Crippen LogP contribution in [0.1, 0.15) is 26.3 Å². The summed E-state index contributed by atoms with van der Waals surface area (Å²) < 4.78 is 42.3. The van der Waals surface area contributed by atoms with Crippen LogP contribution in [-0.2, 0) is 26.2 Å². The Hall–Kier alpha value is -3.47. The third kappa shape index (κ3) is 7.51. The molecule has 0 bridgehead atoms. The summed E-state index contributed by atoms with van der Waals surface area (Å²) >= 11 is 0. The van der Waals surface area contributed by atoms with E-state index in [0.29, 0.717) is 11.5 Å². The van der Waals surface area contributed by atoms with Gasteiger partial charge >= 0.3 is 0 Å². The molecule has 2 aromatic carbocycles. The molecule has 0 aliphatic rings. The van der Waals surface area contributed by atoms with Crippen LogP contribution in [0.3, 0.4) is 0 Å².